The summed E-state index contributed by atoms with van der Waals surface area (Å²) in [6.45, 7) is 1.52. The first-order valence-corrected chi connectivity index (χ1v) is 9.33. The van der Waals surface area contributed by atoms with Crippen molar-refractivity contribution in [1.82, 2.24) is 30.2 Å². The van der Waals surface area contributed by atoms with Crippen LogP contribution in [-0.2, 0) is 11.2 Å². The molecule has 0 saturated carbocycles. The van der Waals surface area contributed by atoms with Crippen molar-refractivity contribution in [3.63, 3.8) is 0 Å². The number of nitrogens with zero attached hydrogens (tertiary/aromatic N) is 5. The van der Waals surface area contributed by atoms with Crippen LogP contribution in [-0.4, -0.2) is 56.3 Å². The lowest BCUT2D eigenvalue weighted by atomic mass is 9.89. The van der Waals surface area contributed by atoms with Crippen LogP contribution in [0.2, 0.25) is 0 Å². The normalized spacial score (nSPS) is 15.0. The summed E-state index contributed by atoms with van der Waals surface area (Å²) in [6.07, 6.45) is 4.05. The van der Waals surface area contributed by atoms with Crippen molar-refractivity contribution in [3.05, 3.63) is 42.0 Å². The van der Waals surface area contributed by atoms with Crippen LogP contribution in [0.4, 0.5) is 0 Å². The van der Waals surface area contributed by atoms with Crippen LogP contribution in [0.3, 0.4) is 0 Å². The molecule has 0 bridgehead atoms. The highest BCUT2D eigenvalue weighted by Gasteiger charge is 2.24. The summed E-state index contributed by atoms with van der Waals surface area (Å²) in [5, 5.41) is 10.3. The average molecular weight is 382 g/mol. The van der Waals surface area contributed by atoms with Crippen molar-refractivity contribution < 1.29 is 14.1 Å². The summed E-state index contributed by atoms with van der Waals surface area (Å²) in [5.74, 6) is 2.66. The van der Waals surface area contributed by atoms with Crippen LogP contribution < -0.4 is 4.74 Å². The lowest BCUT2D eigenvalue weighted by molar-refractivity contribution is -0.132. The molecule has 1 fully saturated rings. The quantitative estimate of drug-likeness (QED) is 0.696. The van der Waals surface area contributed by atoms with Gasteiger partial charge in [-0.2, -0.15) is 10.1 Å². The van der Waals surface area contributed by atoms with E-state index in [-0.39, 0.29) is 5.91 Å². The van der Waals surface area contributed by atoms with Crippen LogP contribution in [0.15, 0.2) is 35.1 Å². The Morgan fingerprint density at radius 2 is 2.21 bits per heavy atom. The number of ether oxygens (including phenoxy) is 1. The largest absolute Gasteiger partial charge is 0.497 e. The number of rotatable bonds is 6. The van der Waals surface area contributed by atoms with E-state index in [1.165, 1.54) is 11.9 Å². The van der Waals surface area contributed by atoms with Crippen LogP contribution in [0, 0.1) is 0 Å². The molecule has 0 radical (unpaired) electrons. The van der Waals surface area contributed by atoms with Crippen molar-refractivity contribution in [3.8, 4) is 17.4 Å². The molecule has 1 N–H and O–H groups in total. The van der Waals surface area contributed by atoms with Gasteiger partial charge < -0.3 is 14.2 Å². The molecule has 0 spiro atoms. The maximum absolute atomic E-state index is 12.5. The van der Waals surface area contributed by atoms with E-state index >= 15 is 0 Å². The molecule has 1 aromatic carbocycles. The van der Waals surface area contributed by atoms with Crippen molar-refractivity contribution in [2.45, 2.75) is 31.6 Å². The molecule has 3 aromatic rings. The average Bonchev–Trinajstić information content (AvgIpc) is 3.44. The molecule has 1 aliphatic rings. The molecule has 1 aliphatic heterocycles. The van der Waals surface area contributed by atoms with E-state index in [4.69, 9.17) is 9.26 Å². The summed E-state index contributed by atoms with van der Waals surface area (Å²) >= 11 is 0. The van der Waals surface area contributed by atoms with Crippen LogP contribution in [0.5, 0.6) is 5.75 Å². The van der Waals surface area contributed by atoms with Crippen LogP contribution in [0.1, 0.15) is 36.6 Å². The van der Waals surface area contributed by atoms with Gasteiger partial charge in [-0.15, -0.1) is 0 Å². The Labute approximate surface area is 162 Å². The Morgan fingerprint density at radius 3 is 2.96 bits per heavy atom. The van der Waals surface area contributed by atoms with Gasteiger partial charge in [0.1, 0.15) is 12.1 Å². The van der Waals surface area contributed by atoms with E-state index in [2.05, 4.69) is 37.5 Å². The monoisotopic (exact) mass is 382 g/mol. The van der Waals surface area contributed by atoms with Gasteiger partial charge in [0.05, 0.1) is 7.11 Å². The molecule has 146 valence electrons. The van der Waals surface area contributed by atoms with Crippen molar-refractivity contribution in [1.29, 1.82) is 0 Å². The predicted octanol–water partition coefficient (Wildman–Crippen LogP) is 2.20. The lowest BCUT2D eigenvalue weighted by Crippen LogP contribution is -2.38. The number of carbonyl (C=O) groups is 1. The van der Waals surface area contributed by atoms with Gasteiger partial charge in [-0.05, 0) is 36.5 Å². The minimum absolute atomic E-state index is 0.114. The zero-order valence-corrected chi connectivity index (χ0v) is 15.7. The molecule has 0 unspecified atom stereocenters. The third-order valence-electron chi connectivity index (χ3n) is 5.06. The highest BCUT2D eigenvalue weighted by Crippen LogP contribution is 2.30. The Balaban J connectivity index is 1.27. The molecule has 4 rings (SSSR count). The zero-order chi connectivity index (χ0) is 19.3. The van der Waals surface area contributed by atoms with Gasteiger partial charge in [0.2, 0.25) is 17.6 Å². The predicted molar refractivity (Wildman–Crippen MR) is 99.5 cm³/mol. The second-order valence-corrected chi connectivity index (χ2v) is 6.78. The SMILES string of the molecule is COc1cccc(C2CCN(C(=O)CCc3nc(-c4ncn[nH]4)no3)CC2)c1. The summed E-state index contributed by atoms with van der Waals surface area (Å²) in [4.78, 5) is 22.7. The van der Waals surface area contributed by atoms with Gasteiger partial charge >= 0.3 is 0 Å². The van der Waals surface area contributed by atoms with Crippen molar-refractivity contribution in [2.24, 2.45) is 0 Å². The molecule has 3 heterocycles. The van der Waals surface area contributed by atoms with Crippen molar-refractivity contribution >= 4 is 5.91 Å². The van der Waals surface area contributed by atoms with E-state index in [1.807, 2.05) is 17.0 Å². The fourth-order valence-corrected chi connectivity index (χ4v) is 3.50. The van der Waals surface area contributed by atoms with Gasteiger partial charge in [0.15, 0.2) is 5.82 Å². The highest BCUT2D eigenvalue weighted by atomic mass is 16.5. The third-order valence-corrected chi connectivity index (χ3v) is 5.06. The summed E-state index contributed by atoms with van der Waals surface area (Å²) < 4.78 is 10.5. The fraction of sp³-hybridized carbons (Fsp3) is 0.421. The second kappa shape index (κ2) is 8.20. The van der Waals surface area contributed by atoms with E-state index in [0.29, 0.717) is 36.3 Å². The number of aryl methyl sites for hydroxylation is 1. The summed E-state index contributed by atoms with van der Waals surface area (Å²) in [5.41, 5.74) is 1.28. The van der Waals surface area contributed by atoms with E-state index in [1.54, 1.807) is 7.11 Å². The molecular formula is C19H22N6O3. The number of aromatic amines is 1. The fourth-order valence-electron chi connectivity index (χ4n) is 3.50. The number of aromatic nitrogens is 5. The molecule has 2 aromatic heterocycles. The van der Waals surface area contributed by atoms with Crippen LogP contribution in [0.25, 0.3) is 11.6 Å². The maximum atomic E-state index is 12.5. The topological polar surface area (TPSA) is 110 Å². The maximum Gasteiger partial charge on any atom is 0.239 e. The Hall–Kier alpha value is -3.23. The standard InChI is InChI=1S/C19H22N6O3/c1-27-15-4-2-3-14(11-15)13-7-9-25(10-8-13)17(26)6-5-16-22-19(24-28-16)18-20-12-21-23-18/h2-4,11-13H,5-10H2,1H3,(H,20,21,23). The summed E-state index contributed by atoms with van der Waals surface area (Å²) in [7, 11) is 1.68. The molecular weight excluding hydrogens is 360 g/mol. The lowest BCUT2D eigenvalue weighted by Gasteiger charge is -2.32. The Bertz CT molecular complexity index is 915. The number of amides is 1. The number of hydrogen-bond acceptors (Lipinski definition) is 7. The molecule has 1 amide bonds. The molecule has 9 nitrogen and oxygen atoms in total. The van der Waals surface area contributed by atoms with Gasteiger partial charge in [-0.1, -0.05) is 17.3 Å². The Kier molecular flexibility index (Phi) is 5.31. The van der Waals surface area contributed by atoms with Gasteiger partial charge in [-0.25, -0.2) is 4.98 Å². The molecule has 0 atom stereocenters. The zero-order valence-electron chi connectivity index (χ0n) is 15.7. The number of piperidine rings is 1. The van der Waals surface area contributed by atoms with Crippen molar-refractivity contribution in [2.75, 3.05) is 20.2 Å². The van der Waals surface area contributed by atoms with Gasteiger partial charge in [0, 0.05) is 25.9 Å². The van der Waals surface area contributed by atoms with Gasteiger partial charge in [0.25, 0.3) is 0 Å². The second-order valence-electron chi connectivity index (χ2n) is 6.78. The number of H-pyrrole nitrogens is 1. The first kappa shape index (κ1) is 18.1. The molecule has 9 heteroatoms. The smallest absolute Gasteiger partial charge is 0.239 e. The number of hydrogen-bond donors (Lipinski definition) is 1. The number of methoxy groups -OCH3 is 1. The number of likely N-dealkylation sites (tertiary alicyclic amines) is 1. The number of carbonyl (C=O) groups excluding carboxylic acids is 1. The van der Waals surface area contributed by atoms with Gasteiger partial charge in [-0.3, -0.25) is 9.89 Å². The van der Waals surface area contributed by atoms with E-state index in [0.717, 1.165) is 31.7 Å². The third kappa shape index (κ3) is 4.03. The first-order valence-electron chi connectivity index (χ1n) is 9.33. The summed E-state index contributed by atoms with van der Waals surface area (Å²) in [6, 6.07) is 8.19. The molecule has 1 saturated heterocycles. The van der Waals surface area contributed by atoms with E-state index < -0.39 is 0 Å². The minimum Gasteiger partial charge on any atom is -0.497 e. The minimum atomic E-state index is 0.114. The van der Waals surface area contributed by atoms with E-state index in [9.17, 15) is 4.79 Å². The molecule has 0 aliphatic carbocycles. The first-order chi connectivity index (χ1) is 13.7. The Morgan fingerprint density at radius 1 is 1.36 bits per heavy atom. The van der Waals surface area contributed by atoms with Crippen LogP contribution >= 0.6 is 0 Å². The number of nitrogens with one attached hydrogen (secondary N) is 1. The highest BCUT2D eigenvalue weighted by molar-refractivity contribution is 5.76. The molecule has 28 heavy (non-hydrogen) atoms. The number of benzene rings is 1.